The van der Waals surface area contributed by atoms with Crippen molar-refractivity contribution in [3.05, 3.63) is 167 Å². The molecule has 0 amide bonds. The van der Waals surface area contributed by atoms with E-state index >= 15 is 0 Å². The first-order chi connectivity index (χ1) is 28.1. The summed E-state index contributed by atoms with van der Waals surface area (Å²) in [5, 5.41) is 2.13. The van der Waals surface area contributed by atoms with Gasteiger partial charge in [0, 0.05) is 46.0 Å². The molecular formula is C54H51N3O+2. The molecule has 4 aromatic heterocycles. The lowest BCUT2D eigenvalue weighted by Gasteiger charge is -2.29. The quantitative estimate of drug-likeness (QED) is 0.168. The van der Waals surface area contributed by atoms with Crippen LogP contribution in [0.2, 0.25) is 0 Å². The number of benzene rings is 4. The van der Waals surface area contributed by atoms with Gasteiger partial charge >= 0.3 is 0 Å². The Bertz CT molecular complexity index is 2970. The summed E-state index contributed by atoms with van der Waals surface area (Å²) in [7, 11) is 0. The Balaban J connectivity index is 1.21. The number of hydrogen-bond acceptors (Lipinski definition) is 2. The molecule has 2 atom stereocenters. The molecular weight excluding hydrogens is 707 g/mol. The first kappa shape index (κ1) is 36.2. The second kappa shape index (κ2) is 13.8. The summed E-state index contributed by atoms with van der Waals surface area (Å²) in [5.74, 6) is 0.703. The molecule has 0 saturated heterocycles. The van der Waals surface area contributed by atoms with Crippen LogP contribution in [0.4, 0.5) is 0 Å². The van der Waals surface area contributed by atoms with E-state index in [4.69, 9.17) is 16.0 Å². The number of hydrogen-bond donors (Lipinski definition) is 0. The van der Waals surface area contributed by atoms with E-state index < -0.39 is 0 Å². The monoisotopic (exact) mass is 757 g/mol. The zero-order valence-corrected chi connectivity index (χ0v) is 34.7. The standard InChI is InChI=1S/C54H51N3O/c1-31(2)39-22-23-40(37-14-10-9-11-15-37)49(32(3)4)52(39)45-25-24-44-43-21-19-38-20-27-47-50(42-17-13-12-16-41(42)46-26-18-33(5)29-57(46)47)36(8)56-30-35(7)34(6)28-48(56)51(38)53(43)58-54(44)55-45/h9-19,21-26,28-32,47,50H,8,20,27H2,1-7H3/q+2. The lowest BCUT2D eigenvalue weighted by molar-refractivity contribution is -0.720. The molecule has 2 aliphatic rings. The summed E-state index contributed by atoms with van der Waals surface area (Å²) in [4.78, 5) is 5.44. The highest BCUT2D eigenvalue weighted by atomic mass is 16.3. The van der Waals surface area contributed by atoms with E-state index in [1.807, 2.05) is 0 Å². The van der Waals surface area contributed by atoms with Gasteiger partial charge in [0.05, 0.1) is 16.8 Å². The van der Waals surface area contributed by atoms with Gasteiger partial charge in [-0.2, -0.15) is 9.13 Å². The van der Waals surface area contributed by atoms with E-state index in [9.17, 15) is 0 Å². The molecule has 0 saturated carbocycles. The summed E-state index contributed by atoms with van der Waals surface area (Å²) in [5.41, 5.74) is 21.1. The minimum absolute atomic E-state index is 0.0861. The van der Waals surface area contributed by atoms with Crippen molar-refractivity contribution < 1.29 is 13.6 Å². The van der Waals surface area contributed by atoms with Crippen LogP contribution in [0.15, 0.2) is 133 Å². The van der Waals surface area contributed by atoms with Gasteiger partial charge in [-0.15, -0.1) is 0 Å². The molecule has 2 aliphatic heterocycles. The molecule has 58 heavy (non-hydrogen) atoms. The van der Waals surface area contributed by atoms with Crippen LogP contribution in [0, 0.1) is 20.8 Å². The van der Waals surface area contributed by atoms with Crippen LogP contribution in [0.3, 0.4) is 0 Å². The third-order valence-corrected chi connectivity index (χ3v) is 13.0. The number of aromatic nitrogens is 3. The van der Waals surface area contributed by atoms with Gasteiger partial charge in [-0.3, -0.25) is 0 Å². The summed E-state index contributed by atoms with van der Waals surface area (Å²) >= 11 is 0. The van der Waals surface area contributed by atoms with Crippen molar-refractivity contribution >= 4 is 27.8 Å². The molecule has 2 unspecified atom stereocenters. The van der Waals surface area contributed by atoms with Crippen molar-refractivity contribution in [2.75, 3.05) is 0 Å². The van der Waals surface area contributed by atoms with Gasteiger partial charge in [0.15, 0.2) is 29.7 Å². The number of nitrogens with zero attached hydrogens (tertiary/aromatic N) is 3. The molecule has 0 radical (unpaired) electrons. The van der Waals surface area contributed by atoms with Crippen molar-refractivity contribution in [3.63, 3.8) is 0 Å². The average Bonchev–Trinajstić information content (AvgIpc) is 3.62. The molecule has 0 bridgehead atoms. The van der Waals surface area contributed by atoms with Crippen molar-refractivity contribution in [1.29, 1.82) is 0 Å². The molecule has 0 N–H and O–H groups in total. The first-order valence-corrected chi connectivity index (χ1v) is 21.0. The second-order valence-electron chi connectivity index (χ2n) is 17.4. The van der Waals surface area contributed by atoms with Crippen LogP contribution < -0.4 is 9.13 Å². The molecule has 0 aliphatic carbocycles. The number of furan rings is 1. The minimum atomic E-state index is 0.0861. The highest BCUT2D eigenvalue weighted by molar-refractivity contribution is 6.09. The number of rotatable bonds is 4. The molecule has 6 heterocycles. The molecule has 8 aromatic rings. The fraction of sp³-hybridized carbons (Fsp3) is 0.241. The Morgan fingerprint density at radius 1 is 0.707 bits per heavy atom. The largest absolute Gasteiger partial charge is 0.437 e. The van der Waals surface area contributed by atoms with Gasteiger partial charge in [-0.1, -0.05) is 100 Å². The van der Waals surface area contributed by atoms with Gasteiger partial charge < -0.3 is 4.42 Å². The fourth-order valence-corrected chi connectivity index (χ4v) is 10.1. The molecule has 0 fully saturated rings. The SMILES string of the molecule is C=C1C2c3ccccc3-c3ccc(C)c[n+]3C2CCc2ccc3c(oc4nc(-c5c(C(C)C)ccc(-c6ccccc6)c5C(C)C)ccc43)c2-c2cc(C)c(C)c[n+]21. The van der Waals surface area contributed by atoms with E-state index in [1.165, 1.54) is 66.9 Å². The number of allylic oxidation sites excluding steroid dienone is 1. The predicted octanol–water partition coefficient (Wildman–Crippen LogP) is 13.2. The molecule has 4 nitrogen and oxygen atoms in total. The normalized spacial score (nSPS) is 16.1. The van der Waals surface area contributed by atoms with Crippen LogP contribution in [0.5, 0.6) is 0 Å². The minimum Gasteiger partial charge on any atom is -0.437 e. The number of pyridine rings is 3. The zero-order valence-electron chi connectivity index (χ0n) is 34.7. The highest BCUT2D eigenvalue weighted by Crippen LogP contribution is 2.48. The number of fused-ring (bicyclic) bond motifs is 13. The Morgan fingerprint density at radius 3 is 2.28 bits per heavy atom. The van der Waals surface area contributed by atoms with Gasteiger partial charge in [0.2, 0.25) is 17.1 Å². The van der Waals surface area contributed by atoms with Crippen LogP contribution in [0.1, 0.15) is 96.9 Å². The third-order valence-electron chi connectivity index (χ3n) is 13.0. The van der Waals surface area contributed by atoms with Gasteiger partial charge in [0.1, 0.15) is 5.92 Å². The second-order valence-corrected chi connectivity index (χ2v) is 17.4. The third kappa shape index (κ3) is 5.60. The van der Waals surface area contributed by atoms with E-state index in [2.05, 4.69) is 179 Å². The van der Waals surface area contributed by atoms with E-state index in [1.54, 1.807) is 0 Å². The predicted molar refractivity (Wildman–Crippen MR) is 238 cm³/mol. The van der Waals surface area contributed by atoms with Crippen LogP contribution in [-0.4, -0.2) is 4.98 Å². The lowest BCUT2D eigenvalue weighted by Crippen LogP contribution is -2.51. The smallest absolute Gasteiger partial charge is 0.227 e. The molecule has 10 rings (SSSR count). The van der Waals surface area contributed by atoms with Crippen molar-refractivity contribution in [2.24, 2.45) is 0 Å². The van der Waals surface area contributed by atoms with E-state index in [-0.39, 0.29) is 12.0 Å². The Hall–Kier alpha value is -6.13. The van der Waals surface area contributed by atoms with Crippen molar-refractivity contribution in [3.8, 4) is 44.9 Å². The molecule has 0 spiro atoms. The van der Waals surface area contributed by atoms with Crippen molar-refractivity contribution in [2.45, 2.75) is 85.1 Å². The summed E-state index contributed by atoms with van der Waals surface area (Å²) in [6, 6.07) is 40.5. The average molecular weight is 758 g/mol. The lowest BCUT2D eigenvalue weighted by atomic mass is 9.79. The maximum Gasteiger partial charge on any atom is 0.227 e. The maximum absolute atomic E-state index is 7.12. The zero-order chi connectivity index (χ0) is 40.0. The summed E-state index contributed by atoms with van der Waals surface area (Å²) in [6.45, 7) is 20.8. The van der Waals surface area contributed by atoms with Gasteiger partial charge in [-0.25, -0.2) is 4.98 Å². The molecule has 4 heteroatoms. The summed E-state index contributed by atoms with van der Waals surface area (Å²) < 4.78 is 12.0. The summed E-state index contributed by atoms with van der Waals surface area (Å²) in [6.07, 6.45) is 6.50. The fourth-order valence-electron chi connectivity index (χ4n) is 10.1. The van der Waals surface area contributed by atoms with Gasteiger partial charge in [0.25, 0.3) is 0 Å². The van der Waals surface area contributed by atoms with Crippen molar-refractivity contribution in [1.82, 2.24) is 4.98 Å². The Kier molecular flexibility index (Phi) is 8.60. The topological polar surface area (TPSA) is 33.8 Å². The maximum atomic E-state index is 7.12. The number of aryl methyl sites for hydroxylation is 4. The van der Waals surface area contributed by atoms with E-state index in [0.717, 1.165) is 51.8 Å². The molecule has 4 aromatic carbocycles. The van der Waals surface area contributed by atoms with Crippen LogP contribution in [0.25, 0.3) is 72.7 Å². The van der Waals surface area contributed by atoms with Crippen LogP contribution >= 0.6 is 0 Å². The van der Waals surface area contributed by atoms with Gasteiger partial charge in [-0.05, 0) is 109 Å². The Labute approximate surface area is 342 Å². The highest BCUT2D eigenvalue weighted by Gasteiger charge is 2.46. The molecule has 286 valence electrons. The van der Waals surface area contributed by atoms with E-state index in [0.29, 0.717) is 17.5 Å². The Morgan fingerprint density at radius 2 is 1.48 bits per heavy atom. The van der Waals surface area contributed by atoms with Crippen LogP contribution in [-0.2, 0) is 6.42 Å². The first-order valence-electron chi connectivity index (χ1n) is 21.0.